The van der Waals surface area contributed by atoms with Crippen LogP contribution >= 0.6 is 12.6 Å². The molecule has 0 aromatic heterocycles. The maximum atomic E-state index is 14.5. The van der Waals surface area contributed by atoms with Gasteiger partial charge in [0.15, 0.2) is 0 Å². The quantitative estimate of drug-likeness (QED) is 0.217. The summed E-state index contributed by atoms with van der Waals surface area (Å²) in [5.74, 6) is -1.53. The van der Waals surface area contributed by atoms with E-state index in [1.807, 2.05) is 62.4 Å². The molecule has 3 unspecified atom stereocenters. The third-order valence-corrected chi connectivity index (χ3v) is 7.81. The molecule has 2 aromatic rings. The summed E-state index contributed by atoms with van der Waals surface area (Å²) in [5, 5.41) is 5.62. The van der Waals surface area contributed by atoms with Crippen LogP contribution in [0.3, 0.4) is 0 Å². The fourth-order valence-electron chi connectivity index (χ4n) is 5.14. The van der Waals surface area contributed by atoms with Crippen LogP contribution in [0.1, 0.15) is 89.1 Å². The highest BCUT2D eigenvalue weighted by Crippen LogP contribution is 2.35. The van der Waals surface area contributed by atoms with Gasteiger partial charge in [-0.3, -0.25) is 9.59 Å². The van der Waals surface area contributed by atoms with E-state index in [1.54, 1.807) is 46.4 Å². The zero-order valence-electron chi connectivity index (χ0n) is 27.8. The molecule has 2 N–H and O–H groups in total. The van der Waals surface area contributed by atoms with E-state index in [4.69, 9.17) is 9.47 Å². The Morgan fingerprint density at radius 3 is 2.04 bits per heavy atom. The van der Waals surface area contributed by atoms with Crippen LogP contribution in [0.5, 0.6) is 0 Å². The van der Waals surface area contributed by atoms with Crippen LogP contribution in [0, 0.1) is 13.8 Å². The number of alkyl carbamates (subject to hydrolysis) is 1. The fourth-order valence-corrected chi connectivity index (χ4v) is 5.38. The van der Waals surface area contributed by atoms with E-state index in [0.29, 0.717) is 18.4 Å². The molecule has 1 aliphatic carbocycles. The molecule has 1 saturated carbocycles. The second kappa shape index (κ2) is 15.2. The van der Waals surface area contributed by atoms with Gasteiger partial charge in [-0.15, -0.1) is 0 Å². The molecule has 9 nitrogen and oxygen atoms in total. The first-order chi connectivity index (χ1) is 21.0. The first-order valence-corrected chi connectivity index (χ1v) is 16.2. The molecule has 1 aliphatic rings. The monoisotopic (exact) mass is 639 g/mol. The number of ether oxygens (including phenoxy) is 2. The summed E-state index contributed by atoms with van der Waals surface area (Å²) in [6.45, 7) is 14.4. The molecule has 0 spiro atoms. The van der Waals surface area contributed by atoms with Crippen molar-refractivity contribution in [1.29, 1.82) is 0 Å². The van der Waals surface area contributed by atoms with Gasteiger partial charge in [0.2, 0.25) is 11.8 Å². The van der Waals surface area contributed by atoms with Gasteiger partial charge in [-0.25, -0.2) is 9.59 Å². The largest absolute Gasteiger partial charge is 0.458 e. The third kappa shape index (κ3) is 10.5. The van der Waals surface area contributed by atoms with Gasteiger partial charge >= 0.3 is 12.1 Å². The minimum atomic E-state index is -1.08. The molecule has 0 heterocycles. The minimum absolute atomic E-state index is 0.00300. The standard InChI is InChI=1S/C35H49N3O6S/c1-22-17-18-23(2)26(19-22)29(30(39)36-27(32(41)43-34(3,4)5)20-24-13-10-9-11-14-24)38(25-15-12-16-25)31(40)28(21-45)37-33(42)44-35(6,7)8/h9-11,13-14,17-19,25,27-29,45H,12,15-16,20-21H2,1-8H3,(H,36,39)(H,37,42). The van der Waals surface area contributed by atoms with Crippen molar-refractivity contribution in [3.63, 3.8) is 0 Å². The number of carbonyl (C=O) groups is 4. The minimum Gasteiger partial charge on any atom is -0.458 e. The lowest BCUT2D eigenvalue weighted by atomic mass is 9.87. The number of nitrogens with one attached hydrogen (secondary N) is 2. The molecule has 3 rings (SSSR count). The summed E-state index contributed by atoms with van der Waals surface area (Å²) in [6, 6.07) is 11.8. The summed E-state index contributed by atoms with van der Waals surface area (Å²) in [5.41, 5.74) is 1.69. The van der Waals surface area contributed by atoms with Crippen LogP contribution in [0.4, 0.5) is 4.79 Å². The maximum absolute atomic E-state index is 14.5. The Kier molecular flexibility index (Phi) is 12.1. The van der Waals surface area contributed by atoms with E-state index in [1.165, 1.54) is 0 Å². The summed E-state index contributed by atoms with van der Waals surface area (Å²) in [4.78, 5) is 56.7. The van der Waals surface area contributed by atoms with Crippen molar-refractivity contribution in [1.82, 2.24) is 15.5 Å². The number of hydrogen-bond acceptors (Lipinski definition) is 7. The van der Waals surface area contributed by atoms with Crippen LogP contribution in [0.15, 0.2) is 48.5 Å². The molecule has 0 bridgehead atoms. The van der Waals surface area contributed by atoms with Crippen LogP contribution < -0.4 is 10.6 Å². The SMILES string of the molecule is Cc1ccc(C)c(C(C(=O)NC(Cc2ccccc2)C(=O)OC(C)(C)C)N(C(=O)C(CS)NC(=O)OC(C)(C)C)C2CCC2)c1. The van der Waals surface area contributed by atoms with E-state index in [9.17, 15) is 19.2 Å². The third-order valence-electron chi connectivity index (χ3n) is 7.44. The van der Waals surface area contributed by atoms with Gasteiger partial charge in [0.25, 0.3) is 0 Å². The molecule has 3 atom stereocenters. The van der Waals surface area contributed by atoms with Crippen molar-refractivity contribution in [3.05, 3.63) is 70.8 Å². The number of rotatable bonds is 11. The molecule has 2 aromatic carbocycles. The molecule has 0 radical (unpaired) electrons. The average molecular weight is 640 g/mol. The van der Waals surface area contributed by atoms with Crippen LogP contribution in [-0.4, -0.2) is 63.9 Å². The predicted octanol–water partition coefficient (Wildman–Crippen LogP) is 5.62. The normalized spacial score (nSPS) is 15.6. The van der Waals surface area contributed by atoms with Crippen molar-refractivity contribution in [2.24, 2.45) is 0 Å². The van der Waals surface area contributed by atoms with E-state index >= 15 is 0 Å². The Hall–Kier alpha value is -3.53. The molecular weight excluding hydrogens is 590 g/mol. The maximum Gasteiger partial charge on any atom is 0.408 e. The molecule has 10 heteroatoms. The molecule has 0 saturated heterocycles. The van der Waals surface area contributed by atoms with Crippen LogP contribution in [-0.2, 0) is 30.3 Å². The zero-order valence-corrected chi connectivity index (χ0v) is 28.7. The number of hydrogen-bond donors (Lipinski definition) is 3. The second-order valence-electron chi connectivity index (χ2n) is 13.8. The molecule has 0 aliphatic heterocycles. The Bertz CT molecular complexity index is 1350. The number of nitrogens with zero attached hydrogens (tertiary/aromatic N) is 1. The number of esters is 1. The van der Waals surface area contributed by atoms with Crippen LogP contribution in [0.2, 0.25) is 0 Å². The van der Waals surface area contributed by atoms with E-state index < -0.39 is 53.2 Å². The zero-order chi connectivity index (χ0) is 33.5. The van der Waals surface area contributed by atoms with Crippen molar-refractivity contribution in [2.45, 2.75) is 116 Å². The first-order valence-electron chi connectivity index (χ1n) is 15.6. The van der Waals surface area contributed by atoms with Crippen LogP contribution in [0.25, 0.3) is 0 Å². The van der Waals surface area contributed by atoms with Gasteiger partial charge in [-0.05, 0) is 91.3 Å². The Morgan fingerprint density at radius 2 is 1.51 bits per heavy atom. The number of aryl methyl sites for hydroxylation is 2. The topological polar surface area (TPSA) is 114 Å². The lowest BCUT2D eigenvalue weighted by molar-refractivity contribution is -0.159. The Morgan fingerprint density at radius 1 is 0.889 bits per heavy atom. The van der Waals surface area contributed by atoms with E-state index in [2.05, 4.69) is 23.3 Å². The second-order valence-corrected chi connectivity index (χ2v) is 14.1. The van der Waals surface area contributed by atoms with Gasteiger partial charge in [0, 0.05) is 18.2 Å². The van der Waals surface area contributed by atoms with Gasteiger partial charge in [0.05, 0.1) is 0 Å². The molecule has 45 heavy (non-hydrogen) atoms. The lowest BCUT2D eigenvalue weighted by Crippen LogP contribution is -2.59. The summed E-state index contributed by atoms with van der Waals surface area (Å²) < 4.78 is 11.1. The first kappa shape index (κ1) is 35.9. The highest BCUT2D eigenvalue weighted by molar-refractivity contribution is 7.80. The van der Waals surface area contributed by atoms with Crippen molar-refractivity contribution < 1.29 is 28.7 Å². The lowest BCUT2D eigenvalue weighted by Gasteiger charge is -2.44. The predicted molar refractivity (Wildman–Crippen MR) is 178 cm³/mol. The van der Waals surface area contributed by atoms with E-state index in [0.717, 1.165) is 23.1 Å². The molecule has 246 valence electrons. The average Bonchev–Trinajstić information content (AvgIpc) is 2.90. The summed E-state index contributed by atoms with van der Waals surface area (Å²) in [7, 11) is 0. The van der Waals surface area contributed by atoms with Crippen molar-refractivity contribution in [3.8, 4) is 0 Å². The fraction of sp³-hybridized carbons (Fsp3) is 0.543. The molecule has 3 amide bonds. The summed E-state index contributed by atoms with van der Waals surface area (Å²) >= 11 is 4.39. The number of amides is 3. The number of benzene rings is 2. The Labute approximate surface area is 273 Å². The van der Waals surface area contributed by atoms with Crippen molar-refractivity contribution >= 4 is 36.5 Å². The molecule has 1 fully saturated rings. The van der Waals surface area contributed by atoms with Gasteiger partial charge in [0.1, 0.15) is 29.3 Å². The highest BCUT2D eigenvalue weighted by atomic mass is 32.1. The smallest absolute Gasteiger partial charge is 0.408 e. The van der Waals surface area contributed by atoms with Gasteiger partial charge < -0.3 is 25.0 Å². The van der Waals surface area contributed by atoms with E-state index in [-0.39, 0.29) is 18.2 Å². The van der Waals surface area contributed by atoms with Crippen molar-refractivity contribution in [2.75, 3.05) is 5.75 Å². The van der Waals surface area contributed by atoms with Gasteiger partial charge in [-0.1, -0.05) is 54.1 Å². The molecular formula is C35H49N3O6S. The van der Waals surface area contributed by atoms with Gasteiger partial charge in [-0.2, -0.15) is 12.6 Å². The summed E-state index contributed by atoms with van der Waals surface area (Å²) in [6.07, 6.45) is 1.76. The Balaban J connectivity index is 2.06. The number of carbonyl (C=O) groups excluding carboxylic acids is 4. The number of thiol groups is 1. The highest BCUT2D eigenvalue weighted by Gasteiger charge is 2.43.